The topological polar surface area (TPSA) is 93.6 Å². The van der Waals surface area contributed by atoms with Crippen LogP contribution >= 0.6 is 0 Å². The summed E-state index contributed by atoms with van der Waals surface area (Å²) in [5.74, 6) is 0.328. The van der Waals surface area contributed by atoms with Crippen molar-refractivity contribution < 1.29 is 9.94 Å². The van der Waals surface area contributed by atoms with Crippen molar-refractivity contribution in [2.75, 3.05) is 0 Å². The first-order valence-corrected chi connectivity index (χ1v) is 6.95. The van der Waals surface area contributed by atoms with Crippen LogP contribution < -0.4 is 10.5 Å². The normalized spacial score (nSPS) is 12.6. The van der Waals surface area contributed by atoms with E-state index in [-0.39, 0.29) is 5.84 Å². The van der Waals surface area contributed by atoms with Gasteiger partial charge in [-0.3, -0.25) is 0 Å². The van der Waals surface area contributed by atoms with Gasteiger partial charge in [-0.25, -0.2) is 0 Å². The van der Waals surface area contributed by atoms with E-state index in [1.54, 1.807) is 0 Å². The molecule has 0 fully saturated rings. The number of aryl methyl sites for hydroxylation is 1. The molecule has 1 rings (SSSR count). The van der Waals surface area contributed by atoms with Gasteiger partial charge in [0, 0.05) is 0 Å². The van der Waals surface area contributed by atoms with Gasteiger partial charge in [-0.1, -0.05) is 25.9 Å². The molecule has 1 heterocycles. The Balaban J connectivity index is 3.45. The molecule has 1 aromatic rings. The number of oxime groups is 1. The van der Waals surface area contributed by atoms with E-state index < -0.39 is 5.60 Å². The van der Waals surface area contributed by atoms with E-state index in [4.69, 9.17) is 15.7 Å². The lowest BCUT2D eigenvalue weighted by atomic mass is 10.0. The van der Waals surface area contributed by atoms with Crippen molar-refractivity contribution in [2.45, 2.75) is 59.5 Å². The fourth-order valence-corrected chi connectivity index (χ4v) is 1.87. The first-order valence-electron chi connectivity index (χ1n) is 6.95. The van der Waals surface area contributed by atoms with E-state index in [1.165, 1.54) is 0 Å². The van der Waals surface area contributed by atoms with E-state index in [9.17, 15) is 0 Å². The summed E-state index contributed by atoms with van der Waals surface area (Å²) in [6.45, 7) is 9.95. The summed E-state index contributed by atoms with van der Waals surface area (Å²) in [6.07, 6.45) is 2.26. The van der Waals surface area contributed by atoms with E-state index in [2.05, 4.69) is 15.4 Å². The molecule has 0 atom stereocenters. The van der Waals surface area contributed by atoms with Crippen LogP contribution in [0.3, 0.4) is 0 Å². The van der Waals surface area contributed by atoms with E-state index in [1.807, 2.05) is 34.6 Å². The second kappa shape index (κ2) is 6.54. The quantitative estimate of drug-likeness (QED) is 0.361. The van der Waals surface area contributed by atoms with Gasteiger partial charge in [-0.05, 0) is 38.7 Å². The average Bonchev–Trinajstić information content (AvgIpc) is 2.45. The van der Waals surface area contributed by atoms with Crippen molar-refractivity contribution in [3.63, 3.8) is 0 Å². The molecule has 20 heavy (non-hydrogen) atoms. The number of hydrogen-bond acceptors (Lipinski definition) is 5. The standard InChI is InChI=1S/C14H24N4O2/c1-6-9-10(7-2)16-17-13(11(9)12(15)18-19)20-14(4,5)8-3/h19H,6-8H2,1-5H3,(H2,15,18). The predicted octanol–water partition coefficient (Wildman–Crippen LogP) is 2.26. The van der Waals surface area contributed by atoms with Crippen LogP contribution in [0.15, 0.2) is 5.16 Å². The number of nitrogens with two attached hydrogens (primary N) is 1. The third kappa shape index (κ3) is 3.37. The minimum Gasteiger partial charge on any atom is -0.470 e. The Hall–Kier alpha value is -1.85. The number of rotatable bonds is 6. The lowest BCUT2D eigenvalue weighted by Crippen LogP contribution is -2.30. The number of aromatic nitrogens is 2. The van der Waals surface area contributed by atoms with Crippen molar-refractivity contribution in [3.8, 4) is 5.88 Å². The SMILES string of the molecule is CCc1nnc(OC(C)(C)CC)c(C(N)=NO)c1CC. The second-order valence-corrected chi connectivity index (χ2v) is 5.21. The number of hydrogen-bond donors (Lipinski definition) is 2. The van der Waals surface area contributed by atoms with Crippen LogP contribution in [0, 0.1) is 0 Å². The van der Waals surface area contributed by atoms with E-state index in [0.717, 1.165) is 24.1 Å². The minimum absolute atomic E-state index is 0.00773. The highest BCUT2D eigenvalue weighted by atomic mass is 16.5. The Kier molecular flexibility index (Phi) is 5.30. The zero-order valence-corrected chi connectivity index (χ0v) is 12.9. The van der Waals surface area contributed by atoms with Crippen LogP contribution in [0.2, 0.25) is 0 Å². The molecule has 0 spiro atoms. The summed E-state index contributed by atoms with van der Waals surface area (Å²) >= 11 is 0. The second-order valence-electron chi connectivity index (χ2n) is 5.21. The van der Waals surface area contributed by atoms with Crippen molar-refractivity contribution >= 4 is 5.84 Å². The zero-order valence-electron chi connectivity index (χ0n) is 12.9. The van der Waals surface area contributed by atoms with Crippen molar-refractivity contribution in [1.29, 1.82) is 0 Å². The molecular weight excluding hydrogens is 256 g/mol. The van der Waals surface area contributed by atoms with Crippen LogP contribution in [-0.4, -0.2) is 26.8 Å². The fraction of sp³-hybridized carbons (Fsp3) is 0.643. The highest BCUT2D eigenvalue weighted by molar-refractivity contribution is 6.00. The van der Waals surface area contributed by atoms with Crippen LogP contribution in [0.4, 0.5) is 0 Å². The molecule has 0 aliphatic carbocycles. The van der Waals surface area contributed by atoms with Crippen molar-refractivity contribution in [2.24, 2.45) is 10.9 Å². The smallest absolute Gasteiger partial charge is 0.245 e. The molecule has 0 radical (unpaired) electrons. The summed E-state index contributed by atoms with van der Waals surface area (Å²) in [4.78, 5) is 0. The number of nitrogens with zero attached hydrogens (tertiary/aromatic N) is 3. The van der Waals surface area contributed by atoms with Gasteiger partial charge in [0.15, 0.2) is 5.84 Å². The van der Waals surface area contributed by atoms with Gasteiger partial charge in [-0.15, -0.1) is 5.10 Å². The van der Waals surface area contributed by atoms with Crippen molar-refractivity contribution in [3.05, 3.63) is 16.8 Å². The third-order valence-electron chi connectivity index (χ3n) is 3.40. The van der Waals surface area contributed by atoms with Crippen molar-refractivity contribution in [1.82, 2.24) is 10.2 Å². The van der Waals surface area contributed by atoms with Gasteiger partial charge >= 0.3 is 0 Å². The molecule has 0 saturated carbocycles. The summed E-state index contributed by atoms with van der Waals surface area (Å²) in [7, 11) is 0. The maximum absolute atomic E-state index is 9.01. The van der Waals surface area contributed by atoms with E-state index in [0.29, 0.717) is 17.9 Å². The number of amidine groups is 1. The first kappa shape index (κ1) is 16.2. The summed E-state index contributed by atoms with van der Waals surface area (Å²) in [6, 6.07) is 0. The van der Waals surface area contributed by atoms with Crippen LogP contribution in [0.5, 0.6) is 5.88 Å². The average molecular weight is 280 g/mol. The zero-order chi connectivity index (χ0) is 15.3. The number of ether oxygens (including phenoxy) is 1. The monoisotopic (exact) mass is 280 g/mol. The molecular formula is C14H24N4O2. The third-order valence-corrected chi connectivity index (χ3v) is 3.40. The lowest BCUT2D eigenvalue weighted by Gasteiger charge is -2.26. The maximum Gasteiger partial charge on any atom is 0.245 e. The van der Waals surface area contributed by atoms with Gasteiger partial charge in [0.2, 0.25) is 5.88 Å². The van der Waals surface area contributed by atoms with Crippen LogP contribution in [-0.2, 0) is 12.8 Å². The van der Waals surface area contributed by atoms with Gasteiger partial charge < -0.3 is 15.7 Å². The summed E-state index contributed by atoms with van der Waals surface area (Å²) in [5, 5.41) is 20.4. The van der Waals surface area contributed by atoms with Gasteiger partial charge in [-0.2, -0.15) is 5.10 Å². The van der Waals surface area contributed by atoms with Gasteiger partial charge in [0.1, 0.15) is 5.60 Å². The fourth-order valence-electron chi connectivity index (χ4n) is 1.87. The Morgan fingerprint density at radius 2 is 1.90 bits per heavy atom. The van der Waals surface area contributed by atoms with Crippen LogP contribution in [0.25, 0.3) is 0 Å². The molecule has 6 heteroatoms. The molecule has 112 valence electrons. The Morgan fingerprint density at radius 1 is 1.25 bits per heavy atom. The molecule has 0 saturated heterocycles. The predicted molar refractivity (Wildman–Crippen MR) is 78.3 cm³/mol. The highest BCUT2D eigenvalue weighted by Crippen LogP contribution is 2.26. The molecule has 0 amide bonds. The van der Waals surface area contributed by atoms with Crippen LogP contribution in [0.1, 0.15) is 57.9 Å². The molecule has 0 unspecified atom stereocenters. The van der Waals surface area contributed by atoms with Gasteiger partial charge in [0.05, 0.1) is 11.3 Å². The molecule has 6 nitrogen and oxygen atoms in total. The molecule has 3 N–H and O–H groups in total. The molecule has 0 aromatic carbocycles. The molecule has 0 aliphatic heterocycles. The summed E-state index contributed by atoms with van der Waals surface area (Å²) in [5.41, 5.74) is 7.72. The summed E-state index contributed by atoms with van der Waals surface area (Å²) < 4.78 is 5.90. The Morgan fingerprint density at radius 3 is 2.35 bits per heavy atom. The van der Waals surface area contributed by atoms with Gasteiger partial charge in [0.25, 0.3) is 0 Å². The Bertz CT molecular complexity index is 498. The molecule has 0 bridgehead atoms. The molecule has 1 aromatic heterocycles. The highest BCUT2D eigenvalue weighted by Gasteiger charge is 2.25. The lowest BCUT2D eigenvalue weighted by molar-refractivity contribution is 0.0970. The molecule has 0 aliphatic rings. The Labute approximate surface area is 120 Å². The maximum atomic E-state index is 9.01. The first-order chi connectivity index (χ1) is 9.40. The van der Waals surface area contributed by atoms with E-state index >= 15 is 0 Å². The largest absolute Gasteiger partial charge is 0.470 e. The minimum atomic E-state index is -0.391.